The second kappa shape index (κ2) is 5.96. The van der Waals surface area contributed by atoms with Crippen LogP contribution in [-0.4, -0.2) is 55.4 Å². The van der Waals surface area contributed by atoms with Crippen LogP contribution < -0.4 is 0 Å². The van der Waals surface area contributed by atoms with E-state index >= 15 is 0 Å². The van der Waals surface area contributed by atoms with Crippen LogP contribution in [0.2, 0.25) is 0 Å². The summed E-state index contributed by atoms with van der Waals surface area (Å²) in [6.45, 7) is 3.10. The van der Waals surface area contributed by atoms with E-state index in [1.807, 2.05) is 0 Å². The molecule has 1 saturated heterocycles. The number of rotatable bonds is 3. The first-order valence-corrected chi connectivity index (χ1v) is 7.08. The summed E-state index contributed by atoms with van der Waals surface area (Å²) in [7, 11) is 4.24. The van der Waals surface area contributed by atoms with Crippen LogP contribution in [0.25, 0.3) is 0 Å². The van der Waals surface area contributed by atoms with Gasteiger partial charge in [0.15, 0.2) is 5.78 Å². The third-order valence-corrected chi connectivity index (χ3v) is 4.40. The van der Waals surface area contributed by atoms with Crippen LogP contribution in [0, 0.1) is 5.92 Å². The molecular formula is C14H26N2O. The standard InChI is InChI=1S/C14H26N2O/c1-15-8-5-9-16(2)13(11-15)14(17)10-12-6-3-4-7-12/h12-13H,3-11H2,1-2H3. The fourth-order valence-corrected chi connectivity index (χ4v) is 3.25. The third kappa shape index (κ3) is 3.52. The zero-order valence-electron chi connectivity index (χ0n) is 11.3. The number of hydrogen-bond donors (Lipinski definition) is 0. The number of ketones is 1. The topological polar surface area (TPSA) is 23.6 Å². The van der Waals surface area contributed by atoms with Gasteiger partial charge in [0.1, 0.15) is 0 Å². The van der Waals surface area contributed by atoms with Gasteiger partial charge in [0.25, 0.3) is 0 Å². The lowest BCUT2D eigenvalue weighted by Crippen LogP contribution is -2.44. The minimum absolute atomic E-state index is 0.142. The molecule has 1 heterocycles. The molecule has 0 radical (unpaired) electrons. The molecule has 2 aliphatic rings. The minimum atomic E-state index is 0.142. The average molecular weight is 238 g/mol. The van der Waals surface area contributed by atoms with Gasteiger partial charge in [-0.1, -0.05) is 25.7 Å². The molecule has 0 amide bonds. The van der Waals surface area contributed by atoms with E-state index in [0.29, 0.717) is 11.7 Å². The number of carbonyl (C=O) groups excluding carboxylic acids is 1. The zero-order chi connectivity index (χ0) is 12.3. The van der Waals surface area contributed by atoms with Crippen molar-refractivity contribution in [1.29, 1.82) is 0 Å². The van der Waals surface area contributed by atoms with E-state index in [1.54, 1.807) is 0 Å². The second-order valence-corrected chi connectivity index (χ2v) is 5.93. The van der Waals surface area contributed by atoms with Crippen molar-refractivity contribution in [2.24, 2.45) is 5.92 Å². The van der Waals surface area contributed by atoms with Crippen molar-refractivity contribution in [2.75, 3.05) is 33.7 Å². The van der Waals surface area contributed by atoms with Gasteiger partial charge in [-0.15, -0.1) is 0 Å². The Morgan fingerprint density at radius 2 is 1.82 bits per heavy atom. The van der Waals surface area contributed by atoms with Crippen molar-refractivity contribution < 1.29 is 4.79 Å². The molecule has 1 aliphatic carbocycles. The zero-order valence-corrected chi connectivity index (χ0v) is 11.3. The van der Waals surface area contributed by atoms with Crippen LogP contribution in [0.5, 0.6) is 0 Å². The second-order valence-electron chi connectivity index (χ2n) is 5.93. The van der Waals surface area contributed by atoms with E-state index in [0.717, 1.165) is 26.1 Å². The molecule has 3 nitrogen and oxygen atoms in total. The predicted molar refractivity (Wildman–Crippen MR) is 70.1 cm³/mol. The van der Waals surface area contributed by atoms with Crippen LogP contribution in [0.4, 0.5) is 0 Å². The van der Waals surface area contributed by atoms with Crippen LogP contribution in [0.1, 0.15) is 38.5 Å². The summed E-state index contributed by atoms with van der Waals surface area (Å²) >= 11 is 0. The maximum Gasteiger partial charge on any atom is 0.151 e. The number of likely N-dealkylation sites (N-methyl/N-ethyl adjacent to an activating group) is 2. The summed E-state index contributed by atoms with van der Waals surface area (Å²) in [4.78, 5) is 17.0. The largest absolute Gasteiger partial charge is 0.304 e. The van der Waals surface area contributed by atoms with Crippen molar-refractivity contribution in [3.8, 4) is 0 Å². The van der Waals surface area contributed by atoms with Crippen molar-refractivity contribution in [1.82, 2.24) is 9.80 Å². The normalized spacial score (nSPS) is 29.4. The quantitative estimate of drug-likeness (QED) is 0.748. The SMILES string of the molecule is CN1CCCN(C)C(C(=O)CC2CCCC2)C1. The Balaban J connectivity index is 1.90. The number of hydrogen-bond acceptors (Lipinski definition) is 3. The summed E-state index contributed by atoms with van der Waals surface area (Å²) in [5.74, 6) is 1.16. The van der Waals surface area contributed by atoms with Gasteiger partial charge >= 0.3 is 0 Å². The molecule has 0 aromatic carbocycles. The third-order valence-electron chi connectivity index (χ3n) is 4.40. The Kier molecular flexibility index (Phi) is 4.57. The molecule has 0 spiro atoms. The fraction of sp³-hybridized carbons (Fsp3) is 0.929. The monoisotopic (exact) mass is 238 g/mol. The predicted octanol–water partition coefficient (Wildman–Crippen LogP) is 1.77. The lowest BCUT2D eigenvalue weighted by Gasteiger charge is -2.27. The molecule has 0 aromatic heterocycles. The van der Waals surface area contributed by atoms with Gasteiger partial charge < -0.3 is 4.90 Å². The molecule has 2 rings (SSSR count). The van der Waals surface area contributed by atoms with E-state index in [1.165, 1.54) is 32.1 Å². The molecule has 0 N–H and O–H groups in total. The van der Waals surface area contributed by atoms with E-state index < -0.39 is 0 Å². The highest BCUT2D eigenvalue weighted by Crippen LogP contribution is 2.28. The maximum absolute atomic E-state index is 12.4. The van der Waals surface area contributed by atoms with Gasteiger partial charge in [0.05, 0.1) is 6.04 Å². The first-order valence-electron chi connectivity index (χ1n) is 7.08. The van der Waals surface area contributed by atoms with Crippen molar-refractivity contribution in [3.05, 3.63) is 0 Å². The first kappa shape index (κ1) is 13.0. The highest BCUT2D eigenvalue weighted by Gasteiger charge is 2.29. The lowest BCUT2D eigenvalue weighted by molar-refractivity contribution is -0.124. The Morgan fingerprint density at radius 1 is 1.12 bits per heavy atom. The fourth-order valence-electron chi connectivity index (χ4n) is 3.25. The van der Waals surface area contributed by atoms with Gasteiger partial charge in [-0.25, -0.2) is 0 Å². The van der Waals surface area contributed by atoms with Crippen molar-refractivity contribution >= 4 is 5.78 Å². The summed E-state index contributed by atoms with van der Waals surface area (Å²) in [5, 5.41) is 0. The van der Waals surface area contributed by atoms with E-state index in [9.17, 15) is 4.79 Å². The molecule has 1 unspecified atom stereocenters. The molecular weight excluding hydrogens is 212 g/mol. The van der Waals surface area contributed by atoms with E-state index in [4.69, 9.17) is 0 Å². The Labute approximate surface area is 105 Å². The van der Waals surface area contributed by atoms with Gasteiger partial charge in [-0.3, -0.25) is 9.69 Å². The van der Waals surface area contributed by atoms with Gasteiger partial charge in [0.2, 0.25) is 0 Å². The van der Waals surface area contributed by atoms with Crippen molar-refractivity contribution in [3.63, 3.8) is 0 Å². The van der Waals surface area contributed by atoms with Crippen LogP contribution >= 0.6 is 0 Å². The molecule has 0 aromatic rings. The minimum Gasteiger partial charge on any atom is -0.304 e. The summed E-state index contributed by atoms with van der Waals surface area (Å²) < 4.78 is 0. The molecule has 3 heteroatoms. The van der Waals surface area contributed by atoms with Gasteiger partial charge in [0, 0.05) is 13.0 Å². The highest BCUT2D eigenvalue weighted by atomic mass is 16.1. The summed E-state index contributed by atoms with van der Waals surface area (Å²) in [5.41, 5.74) is 0. The van der Waals surface area contributed by atoms with Gasteiger partial charge in [-0.2, -0.15) is 0 Å². The lowest BCUT2D eigenvalue weighted by atomic mass is 9.96. The molecule has 0 bridgehead atoms. The van der Waals surface area contributed by atoms with Crippen LogP contribution in [-0.2, 0) is 4.79 Å². The summed E-state index contributed by atoms with van der Waals surface area (Å²) in [6, 6.07) is 0.142. The van der Waals surface area contributed by atoms with Crippen molar-refractivity contribution in [2.45, 2.75) is 44.6 Å². The van der Waals surface area contributed by atoms with E-state index in [2.05, 4.69) is 23.9 Å². The summed E-state index contributed by atoms with van der Waals surface area (Å²) in [6.07, 6.45) is 7.22. The molecule has 1 aliphatic heterocycles. The van der Waals surface area contributed by atoms with E-state index in [-0.39, 0.29) is 6.04 Å². The number of nitrogens with zero attached hydrogens (tertiary/aromatic N) is 2. The maximum atomic E-state index is 12.4. The molecule has 98 valence electrons. The number of carbonyl (C=O) groups is 1. The first-order chi connectivity index (χ1) is 8.16. The Hall–Kier alpha value is -0.410. The average Bonchev–Trinajstić information content (AvgIpc) is 2.72. The highest BCUT2D eigenvalue weighted by molar-refractivity contribution is 5.84. The van der Waals surface area contributed by atoms with Crippen LogP contribution in [0.15, 0.2) is 0 Å². The van der Waals surface area contributed by atoms with Crippen LogP contribution in [0.3, 0.4) is 0 Å². The molecule has 2 fully saturated rings. The Bertz CT molecular complexity index is 261. The number of Topliss-reactive ketones (excluding diaryl/α,β-unsaturated/α-hetero) is 1. The molecule has 1 atom stereocenters. The van der Waals surface area contributed by atoms with Gasteiger partial charge in [-0.05, 0) is 39.5 Å². The Morgan fingerprint density at radius 3 is 2.53 bits per heavy atom. The smallest absolute Gasteiger partial charge is 0.151 e. The molecule has 17 heavy (non-hydrogen) atoms. The molecule has 1 saturated carbocycles.